The van der Waals surface area contributed by atoms with E-state index in [0.29, 0.717) is 13.1 Å². The van der Waals surface area contributed by atoms with Crippen molar-refractivity contribution in [2.45, 2.75) is 27.3 Å². The molecule has 2 N–H and O–H groups in total. The van der Waals surface area contributed by atoms with Crippen LogP contribution in [-0.4, -0.2) is 26.1 Å². The van der Waals surface area contributed by atoms with Crippen LogP contribution in [0, 0.1) is 13.8 Å². The molecule has 0 atom stereocenters. The Bertz CT molecular complexity index is 417. The lowest BCUT2D eigenvalue weighted by molar-refractivity contribution is -0.120. The van der Waals surface area contributed by atoms with E-state index in [-0.39, 0.29) is 5.91 Å². The number of rotatable bonds is 6. The van der Waals surface area contributed by atoms with Gasteiger partial charge in [0.25, 0.3) is 0 Å². The first kappa shape index (κ1) is 14.5. The molecule has 4 heteroatoms. The van der Waals surface area contributed by atoms with Gasteiger partial charge in [-0.15, -0.1) is 0 Å². The molecule has 0 saturated heterocycles. The van der Waals surface area contributed by atoms with E-state index in [1.807, 2.05) is 26.8 Å². The van der Waals surface area contributed by atoms with Crippen molar-refractivity contribution in [1.29, 1.82) is 0 Å². The van der Waals surface area contributed by atoms with E-state index in [4.69, 9.17) is 4.74 Å². The molecule has 0 fully saturated rings. The Hall–Kier alpha value is -1.55. The lowest BCUT2D eigenvalue weighted by atomic mass is 10.0. The van der Waals surface area contributed by atoms with Gasteiger partial charge in [0, 0.05) is 6.54 Å². The second-order valence-electron chi connectivity index (χ2n) is 4.31. The van der Waals surface area contributed by atoms with Crippen molar-refractivity contribution in [1.82, 2.24) is 10.6 Å². The summed E-state index contributed by atoms with van der Waals surface area (Å²) in [7, 11) is 1.67. The van der Waals surface area contributed by atoms with Crippen molar-refractivity contribution in [3.05, 3.63) is 28.8 Å². The smallest absolute Gasteiger partial charge is 0.234 e. The molecule has 1 aromatic rings. The fourth-order valence-corrected chi connectivity index (χ4v) is 1.75. The number of hydrogen-bond acceptors (Lipinski definition) is 3. The van der Waals surface area contributed by atoms with Crippen molar-refractivity contribution in [2.24, 2.45) is 0 Å². The third-order valence-corrected chi connectivity index (χ3v) is 2.86. The zero-order valence-corrected chi connectivity index (χ0v) is 11.6. The maximum atomic E-state index is 11.5. The predicted octanol–water partition coefficient (Wildman–Crippen LogP) is 1.54. The van der Waals surface area contributed by atoms with Gasteiger partial charge >= 0.3 is 0 Å². The Morgan fingerprint density at radius 1 is 1.28 bits per heavy atom. The van der Waals surface area contributed by atoms with Gasteiger partial charge in [0.15, 0.2) is 0 Å². The van der Waals surface area contributed by atoms with E-state index >= 15 is 0 Å². The van der Waals surface area contributed by atoms with Crippen LogP contribution in [0.1, 0.15) is 23.6 Å². The highest BCUT2D eigenvalue weighted by molar-refractivity contribution is 5.78. The Morgan fingerprint density at radius 3 is 2.61 bits per heavy atom. The van der Waals surface area contributed by atoms with Crippen LogP contribution < -0.4 is 15.4 Å². The predicted molar refractivity (Wildman–Crippen MR) is 72.9 cm³/mol. The van der Waals surface area contributed by atoms with Gasteiger partial charge in [0.2, 0.25) is 5.91 Å². The van der Waals surface area contributed by atoms with Crippen molar-refractivity contribution in [3.63, 3.8) is 0 Å². The van der Waals surface area contributed by atoms with E-state index < -0.39 is 0 Å². The van der Waals surface area contributed by atoms with Gasteiger partial charge in [-0.25, -0.2) is 0 Å². The molecule has 18 heavy (non-hydrogen) atoms. The summed E-state index contributed by atoms with van der Waals surface area (Å²) in [6.07, 6.45) is 0. The van der Waals surface area contributed by atoms with Crippen LogP contribution >= 0.6 is 0 Å². The molecule has 100 valence electrons. The number of likely N-dealkylation sites (N-methyl/N-ethyl adjacent to an activating group) is 1. The van der Waals surface area contributed by atoms with Gasteiger partial charge in [-0.2, -0.15) is 0 Å². The Balaban J connectivity index is 2.62. The summed E-state index contributed by atoms with van der Waals surface area (Å²) in [6, 6.07) is 4.06. The Morgan fingerprint density at radius 2 is 2.00 bits per heavy atom. The van der Waals surface area contributed by atoms with Gasteiger partial charge in [0.1, 0.15) is 5.75 Å². The average Bonchev–Trinajstić information content (AvgIpc) is 2.36. The van der Waals surface area contributed by atoms with Crippen LogP contribution in [0.15, 0.2) is 12.1 Å². The standard InChI is InChI=1S/C14H22N2O2/c1-5-15-9-14(17)16-8-12-6-11(3)13(18-4)7-10(12)2/h6-7,15H,5,8-9H2,1-4H3,(H,16,17). The first-order chi connectivity index (χ1) is 8.58. The summed E-state index contributed by atoms with van der Waals surface area (Å²) in [5.41, 5.74) is 3.33. The van der Waals surface area contributed by atoms with Gasteiger partial charge < -0.3 is 15.4 Å². The van der Waals surface area contributed by atoms with Crippen molar-refractivity contribution >= 4 is 5.91 Å². The van der Waals surface area contributed by atoms with Gasteiger partial charge in [-0.3, -0.25) is 4.79 Å². The number of amides is 1. The monoisotopic (exact) mass is 250 g/mol. The van der Waals surface area contributed by atoms with E-state index in [9.17, 15) is 4.79 Å². The number of methoxy groups -OCH3 is 1. The molecule has 0 aliphatic carbocycles. The second kappa shape index (κ2) is 7.01. The summed E-state index contributed by atoms with van der Waals surface area (Å²) in [4.78, 5) is 11.5. The Labute approximate surface area is 109 Å². The third kappa shape index (κ3) is 4.04. The molecule has 0 bridgehead atoms. The second-order valence-corrected chi connectivity index (χ2v) is 4.31. The number of carbonyl (C=O) groups excluding carboxylic acids is 1. The molecule has 4 nitrogen and oxygen atoms in total. The topological polar surface area (TPSA) is 50.4 Å². The highest BCUT2D eigenvalue weighted by Gasteiger charge is 2.06. The third-order valence-electron chi connectivity index (χ3n) is 2.86. The van der Waals surface area contributed by atoms with E-state index in [1.54, 1.807) is 7.11 Å². The lowest BCUT2D eigenvalue weighted by Crippen LogP contribution is -2.33. The van der Waals surface area contributed by atoms with Crippen LogP contribution in [-0.2, 0) is 11.3 Å². The average molecular weight is 250 g/mol. The summed E-state index contributed by atoms with van der Waals surface area (Å²) in [5, 5.41) is 5.89. The highest BCUT2D eigenvalue weighted by Crippen LogP contribution is 2.22. The summed E-state index contributed by atoms with van der Waals surface area (Å²) >= 11 is 0. The summed E-state index contributed by atoms with van der Waals surface area (Å²) in [5.74, 6) is 0.903. The molecule has 1 amide bonds. The fraction of sp³-hybridized carbons (Fsp3) is 0.500. The number of nitrogens with one attached hydrogen (secondary N) is 2. The van der Waals surface area contributed by atoms with Crippen LogP contribution in [0.5, 0.6) is 5.75 Å². The first-order valence-electron chi connectivity index (χ1n) is 6.20. The zero-order valence-electron chi connectivity index (χ0n) is 11.6. The van der Waals surface area contributed by atoms with Gasteiger partial charge in [-0.1, -0.05) is 13.0 Å². The number of ether oxygens (including phenoxy) is 1. The van der Waals surface area contributed by atoms with Crippen molar-refractivity contribution in [2.75, 3.05) is 20.2 Å². The normalized spacial score (nSPS) is 10.2. The zero-order chi connectivity index (χ0) is 13.5. The van der Waals surface area contributed by atoms with E-state index in [1.165, 1.54) is 0 Å². The van der Waals surface area contributed by atoms with Crippen LogP contribution in [0.25, 0.3) is 0 Å². The number of benzene rings is 1. The summed E-state index contributed by atoms with van der Waals surface area (Å²) in [6.45, 7) is 7.72. The fourth-order valence-electron chi connectivity index (χ4n) is 1.75. The van der Waals surface area contributed by atoms with Crippen molar-refractivity contribution < 1.29 is 9.53 Å². The quantitative estimate of drug-likeness (QED) is 0.805. The lowest BCUT2D eigenvalue weighted by Gasteiger charge is -2.12. The molecular formula is C14H22N2O2. The highest BCUT2D eigenvalue weighted by atomic mass is 16.5. The van der Waals surface area contributed by atoms with E-state index in [0.717, 1.165) is 29.0 Å². The minimum absolute atomic E-state index is 0.0183. The van der Waals surface area contributed by atoms with Crippen LogP contribution in [0.2, 0.25) is 0 Å². The molecule has 1 aromatic carbocycles. The number of aryl methyl sites for hydroxylation is 2. The molecule has 0 aliphatic rings. The molecule has 0 aliphatic heterocycles. The largest absolute Gasteiger partial charge is 0.496 e. The molecule has 0 heterocycles. The first-order valence-corrected chi connectivity index (χ1v) is 6.20. The minimum atomic E-state index is 0.0183. The van der Waals surface area contributed by atoms with Gasteiger partial charge in [-0.05, 0) is 43.1 Å². The maximum Gasteiger partial charge on any atom is 0.234 e. The van der Waals surface area contributed by atoms with Crippen LogP contribution in [0.3, 0.4) is 0 Å². The molecule has 1 rings (SSSR count). The van der Waals surface area contributed by atoms with Gasteiger partial charge in [0.05, 0.1) is 13.7 Å². The molecule has 0 radical (unpaired) electrons. The van der Waals surface area contributed by atoms with E-state index in [2.05, 4.69) is 16.7 Å². The molecule has 0 aromatic heterocycles. The molecular weight excluding hydrogens is 228 g/mol. The van der Waals surface area contributed by atoms with Crippen LogP contribution in [0.4, 0.5) is 0 Å². The van der Waals surface area contributed by atoms with Crippen molar-refractivity contribution in [3.8, 4) is 5.75 Å². The Kier molecular flexibility index (Phi) is 5.65. The maximum absolute atomic E-state index is 11.5. The SMILES string of the molecule is CCNCC(=O)NCc1cc(C)c(OC)cc1C. The molecule has 0 spiro atoms. The molecule has 0 saturated carbocycles. The number of carbonyl (C=O) groups is 1. The minimum Gasteiger partial charge on any atom is -0.496 e. The summed E-state index contributed by atoms with van der Waals surface area (Å²) < 4.78 is 5.26. The molecule has 0 unspecified atom stereocenters. The number of hydrogen-bond donors (Lipinski definition) is 2.